The van der Waals surface area contributed by atoms with E-state index in [4.69, 9.17) is 5.11 Å². The molecule has 0 aliphatic heterocycles. The summed E-state index contributed by atoms with van der Waals surface area (Å²) in [7, 11) is 1.82. The number of rotatable bonds is 4. The molecular formula is C6H14N2O2. The van der Waals surface area contributed by atoms with Crippen molar-refractivity contribution in [2.45, 2.75) is 19.4 Å². The first-order chi connectivity index (χ1) is 4.70. The van der Waals surface area contributed by atoms with Crippen LogP contribution in [-0.4, -0.2) is 30.8 Å². The third kappa shape index (κ3) is 4.14. The number of carboxylic acid groups (broad SMARTS) is 1. The highest BCUT2D eigenvalue weighted by Gasteiger charge is 2.02. The zero-order chi connectivity index (χ0) is 7.98. The van der Waals surface area contributed by atoms with Crippen LogP contribution >= 0.6 is 0 Å². The van der Waals surface area contributed by atoms with E-state index >= 15 is 0 Å². The van der Waals surface area contributed by atoms with E-state index in [9.17, 15) is 4.79 Å². The molecule has 0 spiro atoms. The molecule has 0 rings (SSSR count). The summed E-state index contributed by atoms with van der Waals surface area (Å²) in [6.07, 6.45) is -0.0368. The van der Waals surface area contributed by atoms with Crippen molar-refractivity contribution in [2.75, 3.05) is 13.6 Å². The molecule has 4 nitrogen and oxygen atoms in total. The molecule has 4 heteroatoms. The smallest absolute Gasteiger partial charge is 0.404 e. The molecule has 1 atom stereocenters. The van der Waals surface area contributed by atoms with Gasteiger partial charge >= 0.3 is 6.09 Å². The highest BCUT2D eigenvalue weighted by atomic mass is 16.4. The van der Waals surface area contributed by atoms with Gasteiger partial charge in [-0.1, -0.05) is 6.92 Å². The van der Waals surface area contributed by atoms with E-state index in [0.717, 1.165) is 6.42 Å². The van der Waals surface area contributed by atoms with Crippen LogP contribution in [0.5, 0.6) is 0 Å². The number of amides is 1. The first-order valence-electron chi connectivity index (χ1n) is 3.34. The zero-order valence-electron chi connectivity index (χ0n) is 6.35. The molecule has 10 heavy (non-hydrogen) atoms. The molecular weight excluding hydrogens is 132 g/mol. The second-order valence-corrected chi connectivity index (χ2v) is 2.08. The van der Waals surface area contributed by atoms with Gasteiger partial charge < -0.3 is 15.7 Å². The maximum absolute atomic E-state index is 10.00. The molecule has 0 aromatic carbocycles. The van der Waals surface area contributed by atoms with Crippen molar-refractivity contribution in [3.05, 3.63) is 0 Å². The number of carbonyl (C=O) groups is 1. The highest BCUT2D eigenvalue weighted by Crippen LogP contribution is 1.85. The monoisotopic (exact) mass is 146 g/mol. The lowest BCUT2D eigenvalue weighted by atomic mass is 10.2. The van der Waals surface area contributed by atoms with Crippen molar-refractivity contribution in [2.24, 2.45) is 0 Å². The maximum Gasteiger partial charge on any atom is 0.404 e. The second-order valence-electron chi connectivity index (χ2n) is 2.08. The van der Waals surface area contributed by atoms with E-state index in [-0.39, 0.29) is 6.04 Å². The van der Waals surface area contributed by atoms with E-state index in [1.165, 1.54) is 0 Å². The minimum Gasteiger partial charge on any atom is -0.465 e. The van der Waals surface area contributed by atoms with Crippen molar-refractivity contribution >= 4 is 6.09 Å². The fourth-order valence-corrected chi connectivity index (χ4v) is 0.661. The Morgan fingerprint density at radius 3 is 2.60 bits per heavy atom. The van der Waals surface area contributed by atoms with Crippen molar-refractivity contribution in [3.63, 3.8) is 0 Å². The Balaban J connectivity index is 3.34. The van der Waals surface area contributed by atoms with Gasteiger partial charge in [0, 0.05) is 12.6 Å². The van der Waals surface area contributed by atoms with Gasteiger partial charge in [-0.05, 0) is 13.5 Å². The summed E-state index contributed by atoms with van der Waals surface area (Å²) >= 11 is 0. The van der Waals surface area contributed by atoms with E-state index < -0.39 is 6.09 Å². The second kappa shape index (κ2) is 5.05. The lowest BCUT2D eigenvalue weighted by Gasteiger charge is -2.12. The molecule has 0 aromatic rings. The quantitative estimate of drug-likeness (QED) is 0.533. The number of likely N-dealkylation sites (N-methyl/N-ethyl adjacent to an activating group) is 1. The van der Waals surface area contributed by atoms with Crippen LogP contribution in [0.15, 0.2) is 0 Å². The van der Waals surface area contributed by atoms with E-state index in [1.807, 2.05) is 14.0 Å². The zero-order valence-corrected chi connectivity index (χ0v) is 6.35. The van der Waals surface area contributed by atoms with Gasteiger partial charge in [-0.15, -0.1) is 0 Å². The lowest BCUT2D eigenvalue weighted by Crippen LogP contribution is -2.38. The molecule has 0 aliphatic carbocycles. The summed E-state index contributed by atoms with van der Waals surface area (Å²) in [5.74, 6) is 0. The standard InChI is InChI=1S/C6H14N2O2/c1-3-5(7-2)4-8-6(9)10/h5,7-8H,3-4H2,1-2H3,(H,9,10). The number of nitrogens with one attached hydrogen (secondary N) is 2. The van der Waals surface area contributed by atoms with Crippen LogP contribution in [-0.2, 0) is 0 Å². The largest absolute Gasteiger partial charge is 0.465 e. The van der Waals surface area contributed by atoms with Crippen molar-refractivity contribution in [3.8, 4) is 0 Å². The third-order valence-electron chi connectivity index (χ3n) is 1.40. The van der Waals surface area contributed by atoms with Crippen molar-refractivity contribution < 1.29 is 9.90 Å². The Hall–Kier alpha value is -0.770. The fourth-order valence-electron chi connectivity index (χ4n) is 0.661. The van der Waals surface area contributed by atoms with Crippen LogP contribution in [0.25, 0.3) is 0 Å². The van der Waals surface area contributed by atoms with E-state index in [0.29, 0.717) is 6.54 Å². The number of hydrogen-bond acceptors (Lipinski definition) is 2. The maximum atomic E-state index is 10.00. The van der Waals surface area contributed by atoms with Gasteiger partial charge in [0.15, 0.2) is 0 Å². The molecule has 0 heterocycles. The SMILES string of the molecule is CCC(CNC(=O)O)NC. The summed E-state index contributed by atoms with van der Waals surface area (Å²) in [5.41, 5.74) is 0. The van der Waals surface area contributed by atoms with Crippen LogP contribution in [0.4, 0.5) is 4.79 Å². The van der Waals surface area contributed by atoms with Gasteiger partial charge in [0.25, 0.3) is 0 Å². The van der Waals surface area contributed by atoms with Crippen LogP contribution in [0.2, 0.25) is 0 Å². The van der Waals surface area contributed by atoms with Crippen LogP contribution in [0, 0.1) is 0 Å². The Morgan fingerprint density at radius 2 is 2.30 bits per heavy atom. The van der Waals surface area contributed by atoms with Gasteiger partial charge in [0.1, 0.15) is 0 Å². The Morgan fingerprint density at radius 1 is 1.70 bits per heavy atom. The van der Waals surface area contributed by atoms with Crippen LogP contribution < -0.4 is 10.6 Å². The van der Waals surface area contributed by atoms with Gasteiger partial charge in [0.2, 0.25) is 0 Å². The van der Waals surface area contributed by atoms with Gasteiger partial charge in [-0.2, -0.15) is 0 Å². The normalized spacial score (nSPS) is 12.6. The Kier molecular flexibility index (Phi) is 4.66. The third-order valence-corrected chi connectivity index (χ3v) is 1.40. The fraction of sp³-hybridized carbons (Fsp3) is 0.833. The molecule has 0 aliphatic rings. The molecule has 0 saturated carbocycles. The topological polar surface area (TPSA) is 61.4 Å². The molecule has 60 valence electrons. The summed E-state index contributed by atoms with van der Waals surface area (Å²) < 4.78 is 0. The molecule has 0 bridgehead atoms. The lowest BCUT2D eigenvalue weighted by molar-refractivity contribution is 0.193. The molecule has 0 radical (unpaired) electrons. The first-order valence-corrected chi connectivity index (χ1v) is 3.34. The minimum absolute atomic E-state index is 0.246. The summed E-state index contributed by atoms with van der Waals surface area (Å²) in [6, 6.07) is 0.246. The molecule has 3 N–H and O–H groups in total. The number of hydrogen-bond donors (Lipinski definition) is 3. The average Bonchev–Trinajstić information content (AvgIpc) is 1.90. The summed E-state index contributed by atoms with van der Waals surface area (Å²) in [5, 5.41) is 13.5. The molecule has 0 fully saturated rings. The highest BCUT2D eigenvalue weighted by molar-refractivity contribution is 5.64. The minimum atomic E-state index is -0.964. The summed E-state index contributed by atoms with van der Waals surface area (Å²) in [4.78, 5) is 10.00. The predicted octanol–water partition coefficient (Wildman–Crippen LogP) is 0.252. The van der Waals surface area contributed by atoms with Gasteiger partial charge in [-0.25, -0.2) is 4.79 Å². The molecule has 0 aromatic heterocycles. The molecule has 0 saturated heterocycles. The molecule has 1 amide bonds. The van der Waals surface area contributed by atoms with E-state index in [1.54, 1.807) is 0 Å². The Bertz CT molecular complexity index is 102. The molecule has 1 unspecified atom stereocenters. The van der Waals surface area contributed by atoms with Crippen LogP contribution in [0.1, 0.15) is 13.3 Å². The van der Waals surface area contributed by atoms with Crippen molar-refractivity contribution in [1.29, 1.82) is 0 Å². The van der Waals surface area contributed by atoms with Gasteiger partial charge in [0.05, 0.1) is 0 Å². The Labute approximate surface area is 60.6 Å². The summed E-state index contributed by atoms with van der Waals surface area (Å²) in [6.45, 7) is 2.48. The van der Waals surface area contributed by atoms with Crippen molar-refractivity contribution in [1.82, 2.24) is 10.6 Å². The predicted molar refractivity (Wildman–Crippen MR) is 39.2 cm³/mol. The average molecular weight is 146 g/mol. The van der Waals surface area contributed by atoms with Gasteiger partial charge in [-0.3, -0.25) is 0 Å². The van der Waals surface area contributed by atoms with Crippen LogP contribution in [0.3, 0.4) is 0 Å². The first kappa shape index (κ1) is 9.23. The van der Waals surface area contributed by atoms with E-state index in [2.05, 4.69) is 10.6 Å².